The van der Waals surface area contributed by atoms with E-state index in [-0.39, 0.29) is 34.1 Å². The molecule has 1 saturated carbocycles. The summed E-state index contributed by atoms with van der Waals surface area (Å²) < 4.78 is 12.7. The maximum Gasteiger partial charge on any atom is 0.312 e. The van der Waals surface area contributed by atoms with Crippen LogP contribution in [0.4, 0.5) is 0 Å². The zero-order valence-electron chi connectivity index (χ0n) is 25.4. The van der Waals surface area contributed by atoms with Crippen LogP contribution in [0.3, 0.4) is 0 Å². The van der Waals surface area contributed by atoms with Gasteiger partial charge in [-0.25, -0.2) is 0 Å². The molecule has 2 rings (SSSR count). The first-order valence-electron chi connectivity index (χ1n) is 13.8. The summed E-state index contributed by atoms with van der Waals surface area (Å²) in [5, 5.41) is 13.4. The van der Waals surface area contributed by atoms with Gasteiger partial charge in [-0.15, -0.1) is 0 Å². The highest BCUT2D eigenvalue weighted by Gasteiger charge is 2.55. The molecule has 2 aliphatic rings. The summed E-state index contributed by atoms with van der Waals surface area (Å²) in [6.07, 6.45) is 6.03. The van der Waals surface area contributed by atoms with E-state index < -0.39 is 32.0 Å². The second-order valence-electron chi connectivity index (χ2n) is 14.7. The molecule has 1 N–H and O–H groups in total. The Labute approximate surface area is 222 Å². The third kappa shape index (κ3) is 7.22. The largest absolute Gasteiger partial charge is 0.460 e. The molecule has 1 aliphatic heterocycles. The fourth-order valence-electron chi connectivity index (χ4n) is 5.62. The summed E-state index contributed by atoms with van der Waals surface area (Å²) in [6, 6.07) is 0. The van der Waals surface area contributed by atoms with Crippen LogP contribution < -0.4 is 0 Å². The number of rotatable bonds is 7. The lowest BCUT2D eigenvalue weighted by Crippen LogP contribution is -2.60. The van der Waals surface area contributed by atoms with Gasteiger partial charge < -0.3 is 14.3 Å². The Morgan fingerprint density at radius 1 is 1.06 bits per heavy atom. The lowest BCUT2D eigenvalue weighted by molar-refractivity contribution is -0.307. The Kier molecular flexibility index (Phi) is 9.44. The van der Waals surface area contributed by atoms with E-state index >= 15 is 0 Å². The fourth-order valence-corrected chi connectivity index (χ4v) is 6.98. The number of esters is 1. The van der Waals surface area contributed by atoms with Crippen LogP contribution in [0.1, 0.15) is 102 Å². The third-order valence-electron chi connectivity index (χ3n) is 8.33. The van der Waals surface area contributed by atoms with Crippen molar-refractivity contribution in [2.75, 3.05) is 0 Å². The summed E-state index contributed by atoms with van der Waals surface area (Å²) in [5.41, 5.74) is -0.959. The standard InChI is InChI=1S/C29H55NO5Si/c1-14-16-21(34-30-28(8,9)17-15-18-29(30,10)11)24-22(35-36(12,13)27(5,6)7)19-20(31)23(24)25(32)33-26(2,3)4/h14,16,20-24,31H,15,17-19H2,1-13H3/b16-14+. The number of aliphatic hydroxyl groups is 1. The molecule has 0 aromatic heterocycles. The first kappa shape index (κ1) is 31.5. The lowest BCUT2D eigenvalue weighted by atomic mass is 9.82. The molecule has 0 bridgehead atoms. The molecule has 1 aliphatic carbocycles. The van der Waals surface area contributed by atoms with E-state index in [1.54, 1.807) is 0 Å². The molecule has 0 spiro atoms. The van der Waals surface area contributed by atoms with Gasteiger partial charge in [-0.2, -0.15) is 5.06 Å². The highest BCUT2D eigenvalue weighted by molar-refractivity contribution is 6.74. The van der Waals surface area contributed by atoms with Gasteiger partial charge in [0.2, 0.25) is 0 Å². The first-order chi connectivity index (χ1) is 16.1. The molecule has 6 nitrogen and oxygen atoms in total. The minimum atomic E-state index is -2.19. The minimum Gasteiger partial charge on any atom is -0.460 e. The molecule has 2 fully saturated rings. The van der Waals surface area contributed by atoms with E-state index in [1.165, 1.54) is 0 Å². The molecule has 7 heteroatoms. The quantitative estimate of drug-likeness (QED) is 0.228. The van der Waals surface area contributed by atoms with Gasteiger partial charge >= 0.3 is 5.97 Å². The summed E-state index contributed by atoms with van der Waals surface area (Å²) in [5.74, 6) is -1.47. The number of carbonyl (C=O) groups is 1. The van der Waals surface area contributed by atoms with E-state index in [4.69, 9.17) is 14.0 Å². The molecule has 0 aromatic carbocycles. The third-order valence-corrected chi connectivity index (χ3v) is 12.8. The molecule has 210 valence electrons. The summed E-state index contributed by atoms with van der Waals surface area (Å²) >= 11 is 0. The van der Waals surface area contributed by atoms with Gasteiger partial charge in [-0.05, 0) is 99.2 Å². The Morgan fingerprint density at radius 2 is 1.58 bits per heavy atom. The van der Waals surface area contributed by atoms with Crippen LogP contribution >= 0.6 is 0 Å². The average molecular weight is 526 g/mol. The van der Waals surface area contributed by atoms with Gasteiger partial charge in [0.1, 0.15) is 11.7 Å². The van der Waals surface area contributed by atoms with Crippen molar-refractivity contribution in [3.8, 4) is 0 Å². The SMILES string of the molecule is C/C=C/C(ON1C(C)(C)CCCC1(C)C)C1C(O[Si](C)(C)C(C)(C)C)CC(O)C1C(=O)OC(C)(C)C. The van der Waals surface area contributed by atoms with Crippen LogP contribution in [-0.2, 0) is 18.8 Å². The van der Waals surface area contributed by atoms with Crippen LogP contribution in [0, 0.1) is 11.8 Å². The maximum absolute atomic E-state index is 13.5. The molecule has 5 atom stereocenters. The number of carbonyl (C=O) groups excluding carboxylic acids is 1. The average Bonchev–Trinajstić information content (AvgIpc) is 2.96. The second kappa shape index (κ2) is 10.8. The normalized spacial score (nSPS) is 30.5. The van der Waals surface area contributed by atoms with Crippen molar-refractivity contribution < 1.29 is 23.9 Å². The maximum atomic E-state index is 13.5. The van der Waals surface area contributed by atoms with Crippen LogP contribution in [0.5, 0.6) is 0 Å². The Morgan fingerprint density at radius 3 is 2.03 bits per heavy atom. The van der Waals surface area contributed by atoms with Gasteiger partial charge in [-0.1, -0.05) is 32.9 Å². The number of aliphatic hydroxyl groups excluding tert-OH is 1. The molecular formula is C29H55NO5Si. The molecule has 1 saturated heterocycles. The molecule has 36 heavy (non-hydrogen) atoms. The minimum absolute atomic E-state index is 0.000307. The van der Waals surface area contributed by atoms with Crippen LogP contribution in [0.25, 0.3) is 0 Å². The van der Waals surface area contributed by atoms with Gasteiger partial charge in [0.15, 0.2) is 8.32 Å². The zero-order valence-corrected chi connectivity index (χ0v) is 26.4. The predicted molar refractivity (Wildman–Crippen MR) is 149 cm³/mol. The first-order valence-corrected chi connectivity index (χ1v) is 16.7. The molecule has 5 unspecified atom stereocenters. The van der Waals surface area contributed by atoms with Gasteiger partial charge in [0, 0.05) is 17.0 Å². The zero-order chi connectivity index (χ0) is 27.9. The van der Waals surface area contributed by atoms with Gasteiger partial charge in [0.05, 0.1) is 18.1 Å². The predicted octanol–water partition coefficient (Wildman–Crippen LogP) is 6.63. The molecule has 0 radical (unpaired) electrons. The second-order valence-corrected chi connectivity index (χ2v) is 19.5. The number of ether oxygens (including phenoxy) is 1. The monoisotopic (exact) mass is 525 g/mol. The van der Waals surface area contributed by atoms with Crippen molar-refractivity contribution in [3.05, 3.63) is 12.2 Å². The van der Waals surface area contributed by atoms with Crippen molar-refractivity contribution in [2.45, 2.75) is 155 Å². The van der Waals surface area contributed by atoms with Crippen LogP contribution in [-0.4, -0.2) is 59.4 Å². The molecule has 1 heterocycles. The van der Waals surface area contributed by atoms with E-state index in [2.05, 4.69) is 66.6 Å². The van der Waals surface area contributed by atoms with Crippen LogP contribution in [0.2, 0.25) is 18.1 Å². The fraction of sp³-hybridized carbons (Fsp3) is 0.897. The van der Waals surface area contributed by atoms with Crippen LogP contribution in [0.15, 0.2) is 12.2 Å². The molecule has 0 amide bonds. The molecular weight excluding hydrogens is 470 g/mol. The molecule has 0 aromatic rings. The van der Waals surface area contributed by atoms with Crippen molar-refractivity contribution in [1.29, 1.82) is 0 Å². The number of hydrogen-bond donors (Lipinski definition) is 1. The number of hydroxylamine groups is 2. The highest BCUT2D eigenvalue weighted by atomic mass is 28.4. The van der Waals surface area contributed by atoms with Crippen molar-refractivity contribution in [3.63, 3.8) is 0 Å². The summed E-state index contributed by atoms with van der Waals surface area (Å²) in [6.45, 7) is 27.5. The van der Waals surface area contributed by atoms with Crippen molar-refractivity contribution in [1.82, 2.24) is 5.06 Å². The smallest absolute Gasteiger partial charge is 0.312 e. The number of allylic oxidation sites excluding steroid dienone is 1. The topological polar surface area (TPSA) is 68.2 Å². The van der Waals surface area contributed by atoms with Crippen molar-refractivity contribution in [2.24, 2.45) is 11.8 Å². The van der Waals surface area contributed by atoms with E-state index in [9.17, 15) is 9.90 Å². The van der Waals surface area contributed by atoms with E-state index in [1.807, 2.05) is 39.8 Å². The Hall–Kier alpha value is -0.733. The van der Waals surface area contributed by atoms with E-state index in [0.717, 1.165) is 19.3 Å². The van der Waals surface area contributed by atoms with Crippen molar-refractivity contribution >= 4 is 14.3 Å². The highest BCUT2D eigenvalue weighted by Crippen LogP contribution is 2.47. The number of nitrogens with zero attached hydrogens (tertiary/aromatic N) is 1. The lowest BCUT2D eigenvalue weighted by Gasteiger charge is -2.53. The Bertz CT molecular complexity index is 776. The number of hydrogen-bond acceptors (Lipinski definition) is 6. The summed E-state index contributed by atoms with van der Waals surface area (Å²) in [4.78, 5) is 20.4. The van der Waals surface area contributed by atoms with Gasteiger partial charge in [-0.3, -0.25) is 9.63 Å². The van der Waals surface area contributed by atoms with E-state index in [0.29, 0.717) is 6.42 Å². The number of piperidine rings is 1. The Balaban J connectivity index is 2.55. The van der Waals surface area contributed by atoms with Gasteiger partial charge in [0.25, 0.3) is 0 Å². The summed E-state index contributed by atoms with van der Waals surface area (Å²) in [7, 11) is -2.19.